The number of rotatable bonds is 5. The lowest BCUT2D eigenvalue weighted by molar-refractivity contribution is 0.491. The molecule has 51 heavy (non-hydrogen) atoms. The molecule has 0 amide bonds. The van der Waals surface area contributed by atoms with Crippen LogP contribution >= 0.6 is 0 Å². The molecule has 0 fully saturated rings. The van der Waals surface area contributed by atoms with Crippen molar-refractivity contribution in [2.24, 2.45) is 0 Å². The third kappa shape index (κ3) is 4.33. The van der Waals surface area contributed by atoms with Gasteiger partial charge in [0.05, 0.1) is 22.1 Å². The summed E-state index contributed by atoms with van der Waals surface area (Å²) in [6.45, 7) is 4.54. The van der Waals surface area contributed by atoms with E-state index >= 15 is 0 Å². The van der Waals surface area contributed by atoms with Crippen molar-refractivity contribution in [3.05, 3.63) is 175 Å². The van der Waals surface area contributed by atoms with Crippen LogP contribution in [0, 0.1) is 6.92 Å². The number of aromatic nitrogens is 3. The van der Waals surface area contributed by atoms with Crippen molar-refractivity contribution >= 4 is 75.8 Å². The van der Waals surface area contributed by atoms with Gasteiger partial charge in [-0.05, 0) is 80.0 Å². The van der Waals surface area contributed by atoms with E-state index in [1.807, 2.05) is 0 Å². The van der Waals surface area contributed by atoms with Crippen molar-refractivity contribution in [1.82, 2.24) is 14.0 Å². The minimum Gasteiger partial charge on any atom is -0.458 e. The van der Waals surface area contributed by atoms with E-state index in [4.69, 9.17) is 9.72 Å². The smallest absolute Gasteiger partial charge is 0.220 e. The van der Waals surface area contributed by atoms with Gasteiger partial charge >= 0.3 is 0 Å². The van der Waals surface area contributed by atoms with Gasteiger partial charge in [-0.25, -0.2) is 4.98 Å². The molecule has 0 aliphatic carbocycles. The van der Waals surface area contributed by atoms with Crippen LogP contribution in [0.15, 0.2) is 170 Å². The topological polar surface area (TPSA) is 31.5 Å². The molecule has 2 aromatic heterocycles. The Balaban J connectivity index is 1.24. The lowest BCUT2D eigenvalue weighted by Gasteiger charge is -2.37. The predicted molar refractivity (Wildman–Crippen MR) is 215 cm³/mol. The van der Waals surface area contributed by atoms with E-state index in [-0.39, 0.29) is 0 Å². The van der Waals surface area contributed by atoms with Gasteiger partial charge in [-0.3, -0.25) is 8.97 Å². The highest BCUT2D eigenvalue weighted by molar-refractivity contribution is 7.20. The Morgan fingerprint density at radius 3 is 1.88 bits per heavy atom. The van der Waals surface area contributed by atoms with Crippen molar-refractivity contribution in [3.63, 3.8) is 0 Å². The van der Waals surface area contributed by atoms with Crippen LogP contribution in [0.5, 0.6) is 11.5 Å². The molecule has 0 N–H and O–H groups in total. The van der Waals surface area contributed by atoms with Gasteiger partial charge in [0, 0.05) is 5.69 Å². The maximum absolute atomic E-state index is 7.01. The second kappa shape index (κ2) is 11.6. The number of benzene rings is 7. The van der Waals surface area contributed by atoms with E-state index in [2.05, 4.69) is 192 Å². The standard InChI is InChI=1S/C45H34N3OSi2/c1-31-15-13-22-38-43(31)46-45-47(36-20-9-10-21-37(36)48(38)45)32-27-29-35(30-28-32)51(33-16-5-3-6-17-33,34-18-7-4-8-19-34)42-26-14-25-41-44(42)49-39-23-11-12-24-40(39)50(41)2/h3-30H,1-2H3. The molecule has 7 aromatic carbocycles. The molecule has 0 saturated heterocycles. The van der Waals surface area contributed by atoms with Gasteiger partial charge in [0.25, 0.3) is 0 Å². The molecule has 1 aliphatic rings. The van der Waals surface area contributed by atoms with Crippen molar-refractivity contribution in [1.29, 1.82) is 0 Å². The number of para-hydroxylation sites is 5. The van der Waals surface area contributed by atoms with Crippen LogP contribution in [0.2, 0.25) is 6.55 Å². The maximum Gasteiger partial charge on any atom is 0.220 e. The highest BCUT2D eigenvalue weighted by Gasteiger charge is 2.45. The Morgan fingerprint density at radius 1 is 0.549 bits per heavy atom. The molecule has 0 saturated carbocycles. The molecule has 0 spiro atoms. The number of aryl methyl sites for hydroxylation is 1. The summed E-state index contributed by atoms with van der Waals surface area (Å²) in [5, 5.41) is 7.91. The Labute approximate surface area is 299 Å². The molecule has 0 atom stereocenters. The summed E-state index contributed by atoms with van der Waals surface area (Å²) in [6.07, 6.45) is 0. The Morgan fingerprint density at radius 2 is 1.14 bits per heavy atom. The maximum atomic E-state index is 7.01. The van der Waals surface area contributed by atoms with Crippen LogP contribution in [-0.2, 0) is 0 Å². The predicted octanol–water partition coefficient (Wildman–Crippen LogP) is 6.46. The third-order valence-corrected chi connectivity index (χ3v) is 18.0. The zero-order valence-corrected chi connectivity index (χ0v) is 30.4. The Hall–Kier alpha value is -5.96. The molecule has 4 nitrogen and oxygen atoms in total. The Bertz CT molecular complexity index is 2710. The first kappa shape index (κ1) is 29.9. The van der Waals surface area contributed by atoms with Gasteiger partial charge in [-0.1, -0.05) is 140 Å². The van der Waals surface area contributed by atoms with Gasteiger partial charge in [0.1, 0.15) is 20.3 Å². The van der Waals surface area contributed by atoms with E-state index in [0.29, 0.717) is 0 Å². The van der Waals surface area contributed by atoms with E-state index in [1.54, 1.807) is 0 Å². The lowest BCUT2D eigenvalue weighted by atomic mass is 10.2. The largest absolute Gasteiger partial charge is 0.458 e. The zero-order chi connectivity index (χ0) is 34.1. The minimum atomic E-state index is -2.92. The first-order valence-electron chi connectivity index (χ1n) is 17.5. The van der Waals surface area contributed by atoms with Crippen molar-refractivity contribution < 1.29 is 4.74 Å². The number of hydrogen-bond acceptors (Lipinski definition) is 2. The van der Waals surface area contributed by atoms with Crippen LogP contribution in [0.25, 0.3) is 33.5 Å². The van der Waals surface area contributed by atoms with E-state index in [0.717, 1.165) is 45.0 Å². The van der Waals surface area contributed by atoms with Crippen molar-refractivity contribution in [2.45, 2.75) is 13.5 Å². The number of imidazole rings is 2. The Kier molecular flexibility index (Phi) is 6.78. The number of hydrogen-bond donors (Lipinski definition) is 0. The van der Waals surface area contributed by atoms with E-state index in [1.165, 1.54) is 36.7 Å². The summed E-state index contributed by atoms with van der Waals surface area (Å²) in [4.78, 5) is 5.24. The van der Waals surface area contributed by atoms with Crippen LogP contribution in [0.3, 0.4) is 0 Å². The van der Waals surface area contributed by atoms with Crippen molar-refractivity contribution in [2.75, 3.05) is 0 Å². The molecule has 0 unspecified atom stereocenters. The molecular weight excluding hydrogens is 655 g/mol. The summed E-state index contributed by atoms with van der Waals surface area (Å²) in [5.74, 6) is 2.94. The molecule has 243 valence electrons. The SMILES string of the molecule is Cc1cccc2c1nc1n(-c3ccc([Si](c4ccccc4)(c4ccccc4)c4cccc5c4Oc4ccccc4[Si]5C)cc3)c3ccccc3n21. The summed E-state index contributed by atoms with van der Waals surface area (Å²) >= 11 is 0. The van der Waals surface area contributed by atoms with Gasteiger partial charge in [-0.2, -0.15) is 0 Å². The highest BCUT2D eigenvalue weighted by Crippen LogP contribution is 2.31. The second-order valence-corrected chi connectivity index (χ2v) is 19.5. The average molecular weight is 689 g/mol. The molecule has 1 aliphatic heterocycles. The summed E-state index contributed by atoms with van der Waals surface area (Å²) in [7, 11) is -3.96. The second-order valence-electron chi connectivity index (χ2n) is 13.4. The fraction of sp³-hybridized carbons (Fsp3) is 0.0444. The number of fused-ring (bicyclic) bond motifs is 7. The monoisotopic (exact) mass is 688 g/mol. The summed E-state index contributed by atoms with van der Waals surface area (Å²) in [5.41, 5.74) is 6.71. The van der Waals surface area contributed by atoms with E-state index < -0.39 is 16.9 Å². The molecule has 10 rings (SSSR count). The van der Waals surface area contributed by atoms with Crippen LogP contribution < -0.4 is 35.9 Å². The molecule has 9 aromatic rings. The quantitative estimate of drug-likeness (QED) is 0.154. The average Bonchev–Trinajstić information content (AvgIpc) is 3.73. The number of nitrogens with zero attached hydrogens (tertiary/aromatic N) is 3. The molecule has 1 radical (unpaired) electrons. The number of ether oxygens (including phenoxy) is 1. The van der Waals surface area contributed by atoms with Gasteiger partial charge in [-0.15, -0.1) is 0 Å². The molecule has 3 heterocycles. The first-order chi connectivity index (χ1) is 25.1. The normalized spacial score (nSPS) is 13.0. The molecule has 6 heteroatoms. The van der Waals surface area contributed by atoms with Crippen molar-refractivity contribution in [3.8, 4) is 17.2 Å². The molecule has 0 bridgehead atoms. The summed E-state index contributed by atoms with van der Waals surface area (Å²) in [6, 6.07) is 62.1. The van der Waals surface area contributed by atoms with Crippen LogP contribution in [0.1, 0.15) is 5.56 Å². The first-order valence-corrected chi connectivity index (χ1v) is 21.5. The fourth-order valence-electron chi connectivity index (χ4n) is 8.38. The third-order valence-electron chi connectivity index (χ3n) is 10.7. The van der Waals surface area contributed by atoms with E-state index in [9.17, 15) is 0 Å². The zero-order valence-electron chi connectivity index (χ0n) is 28.4. The fourth-order valence-corrected chi connectivity index (χ4v) is 15.4. The van der Waals surface area contributed by atoms with Gasteiger partial charge in [0.2, 0.25) is 5.78 Å². The molecular formula is C45H34N3OSi2. The highest BCUT2D eigenvalue weighted by atomic mass is 28.3. The lowest BCUT2D eigenvalue weighted by Crippen LogP contribution is -2.75. The van der Waals surface area contributed by atoms with Gasteiger partial charge < -0.3 is 4.74 Å². The summed E-state index contributed by atoms with van der Waals surface area (Å²) < 4.78 is 11.6. The van der Waals surface area contributed by atoms with Gasteiger partial charge in [0.15, 0.2) is 8.07 Å². The minimum absolute atomic E-state index is 0.921. The van der Waals surface area contributed by atoms with Crippen LogP contribution in [0.4, 0.5) is 0 Å². The van der Waals surface area contributed by atoms with Crippen LogP contribution in [-0.4, -0.2) is 30.8 Å².